The molecule has 154 valence electrons. The van der Waals surface area contributed by atoms with Crippen LogP contribution in [0.2, 0.25) is 0 Å². The molecule has 0 fully saturated rings. The minimum atomic E-state index is -0.550. The van der Waals surface area contributed by atoms with Crippen molar-refractivity contribution in [2.75, 3.05) is 0 Å². The highest BCUT2D eigenvalue weighted by molar-refractivity contribution is 5.97. The van der Waals surface area contributed by atoms with Crippen molar-refractivity contribution in [2.24, 2.45) is 0 Å². The van der Waals surface area contributed by atoms with Crippen LogP contribution in [0.25, 0.3) is 5.69 Å². The zero-order chi connectivity index (χ0) is 21.6. The van der Waals surface area contributed by atoms with Crippen LogP contribution in [0, 0.1) is 10.1 Å². The highest BCUT2D eigenvalue weighted by Crippen LogP contribution is 2.28. The Kier molecular flexibility index (Phi) is 5.66. The number of carbonyl (C=O) groups excluding carboxylic acids is 1. The minimum Gasteiger partial charge on any atom is -0.457 e. The second-order valence-electron chi connectivity index (χ2n) is 6.54. The van der Waals surface area contributed by atoms with Crippen LogP contribution < -0.4 is 10.1 Å². The smallest absolute Gasteiger partial charge is 0.270 e. The molecular formula is C22H17N5O4. The van der Waals surface area contributed by atoms with Gasteiger partial charge in [0.15, 0.2) is 0 Å². The van der Waals surface area contributed by atoms with E-state index in [4.69, 9.17) is 4.74 Å². The Bertz CT molecular complexity index is 1190. The number of nitrogens with zero attached hydrogens (tertiary/aromatic N) is 4. The summed E-state index contributed by atoms with van der Waals surface area (Å²) in [6.45, 7) is 0.240. The first-order valence-corrected chi connectivity index (χ1v) is 9.33. The van der Waals surface area contributed by atoms with Gasteiger partial charge in [0.05, 0.1) is 16.2 Å². The molecule has 1 heterocycles. The quantitative estimate of drug-likeness (QED) is 0.362. The summed E-state index contributed by atoms with van der Waals surface area (Å²) in [5.41, 5.74) is 1.58. The van der Waals surface area contributed by atoms with E-state index in [0.717, 1.165) is 11.3 Å². The van der Waals surface area contributed by atoms with Gasteiger partial charge in [0, 0.05) is 18.7 Å². The van der Waals surface area contributed by atoms with Gasteiger partial charge in [0.2, 0.25) is 0 Å². The molecule has 3 aromatic carbocycles. The van der Waals surface area contributed by atoms with Gasteiger partial charge in [-0.2, -0.15) is 5.10 Å². The molecule has 4 aromatic rings. The Labute approximate surface area is 177 Å². The Morgan fingerprint density at radius 2 is 1.84 bits per heavy atom. The number of ether oxygens (including phenoxy) is 1. The Hall–Kier alpha value is -4.53. The molecule has 0 spiro atoms. The van der Waals surface area contributed by atoms with Crippen molar-refractivity contribution >= 4 is 11.6 Å². The van der Waals surface area contributed by atoms with Crippen LogP contribution in [0.15, 0.2) is 85.5 Å². The Balaban J connectivity index is 1.51. The van der Waals surface area contributed by atoms with Gasteiger partial charge in [0.1, 0.15) is 24.2 Å². The van der Waals surface area contributed by atoms with E-state index in [9.17, 15) is 14.9 Å². The van der Waals surface area contributed by atoms with E-state index in [1.807, 2.05) is 30.3 Å². The average Bonchev–Trinajstić information content (AvgIpc) is 3.34. The summed E-state index contributed by atoms with van der Waals surface area (Å²) in [5, 5.41) is 18.0. The number of nitro benzene ring substituents is 1. The third kappa shape index (κ3) is 4.73. The third-order valence-corrected chi connectivity index (χ3v) is 4.46. The van der Waals surface area contributed by atoms with E-state index in [1.54, 1.807) is 35.3 Å². The van der Waals surface area contributed by atoms with Gasteiger partial charge in [-0.05, 0) is 35.9 Å². The van der Waals surface area contributed by atoms with Crippen LogP contribution in [0.3, 0.4) is 0 Å². The Morgan fingerprint density at radius 3 is 2.52 bits per heavy atom. The fourth-order valence-electron chi connectivity index (χ4n) is 2.90. The lowest BCUT2D eigenvalue weighted by molar-refractivity contribution is -0.384. The highest BCUT2D eigenvalue weighted by Gasteiger charge is 2.18. The van der Waals surface area contributed by atoms with E-state index in [0.29, 0.717) is 5.75 Å². The molecule has 0 radical (unpaired) electrons. The number of nitro groups is 1. The maximum Gasteiger partial charge on any atom is 0.270 e. The van der Waals surface area contributed by atoms with Gasteiger partial charge in [-0.15, -0.1) is 0 Å². The first-order chi connectivity index (χ1) is 15.1. The lowest BCUT2D eigenvalue weighted by Gasteiger charge is -2.12. The van der Waals surface area contributed by atoms with E-state index < -0.39 is 10.8 Å². The van der Waals surface area contributed by atoms with Crippen LogP contribution in [-0.2, 0) is 6.54 Å². The van der Waals surface area contributed by atoms with Crippen molar-refractivity contribution in [3.05, 3.63) is 107 Å². The molecule has 1 N–H and O–H groups in total. The van der Waals surface area contributed by atoms with Crippen molar-refractivity contribution in [3.8, 4) is 17.2 Å². The molecule has 0 unspecified atom stereocenters. The van der Waals surface area contributed by atoms with E-state index >= 15 is 0 Å². The standard InChI is InChI=1S/C22H17N5O4/c28-22(24-13-16-6-8-17(9-7-16)26-15-23-14-25-26)20-12-18(27(29)30)10-11-21(20)31-19-4-2-1-3-5-19/h1-12,14-15H,13H2,(H,24,28). The second kappa shape index (κ2) is 8.87. The molecule has 0 aliphatic heterocycles. The largest absolute Gasteiger partial charge is 0.457 e. The summed E-state index contributed by atoms with van der Waals surface area (Å²) in [5.74, 6) is 0.278. The Morgan fingerprint density at radius 1 is 1.06 bits per heavy atom. The van der Waals surface area contributed by atoms with Crippen molar-refractivity contribution < 1.29 is 14.5 Å². The SMILES string of the molecule is O=C(NCc1ccc(-n2cncn2)cc1)c1cc([N+](=O)[O-])ccc1Oc1ccccc1. The summed E-state index contributed by atoms with van der Waals surface area (Å²) >= 11 is 0. The monoisotopic (exact) mass is 415 g/mol. The first-order valence-electron chi connectivity index (χ1n) is 9.33. The molecular weight excluding hydrogens is 398 g/mol. The van der Waals surface area contributed by atoms with E-state index in [1.165, 1.54) is 24.5 Å². The van der Waals surface area contributed by atoms with Gasteiger partial charge in [0.25, 0.3) is 11.6 Å². The summed E-state index contributed by atoms with van der Waals surface area (Å²) in [4.78, 5) is 27.4. The molecule has 0 saturated heterocycles. The van der Waals surface area contributed by atoms with Gasteiger partial charge in [-0.25, -0.2) is 9.67 Å². The van der Waals surface area contributed by atoms with Gasteiger partial charge in [-0.1, -0.05) is 30.3 Å². The molecule has 0 atom stereocenters. The average molecular weight is 415 g/mol. The van der Waals surface area contributed by atoms with Crippen LogP contribution in [-0.4, -0.2) is 25.6 Å². The number of carbonyl (C=O) groups is 1. The number of benzene rings is 3. The van der Waals surface area contributed by atoms with Crippen molar-refractivity contribution in [2.45, 2.75) is 6.54 Å². The minimum absolute atomic E-state index is 0.0808. The predicted octanol–water partition coefficient (Wildman–Crippen LogP) is 3.90. The van der Waals surface area contributed by atoms with E-state index in [-0.39, 0.29) is 23.5 Å². The second-order valence-corrected chi connectivity index (χ2v) is 6.54. The fraction of sp³-hybridized carbons (Fsp3) is 0.0455. The van der Waals surface area contributed by atoms with Gasteiger partial charge >= 0.3 is 0 Å². The number of nitrogens with one attached hydrogen (secondary N) is 1. The fourth-order valence-corrected chi connectivity index (χ4v) is 2.90. The number of hydrogen-bond donors (Lipinski definition) is 1. The van der Waals surface area contributed by atoms with Crippen LogP contribution in [0.5, 0.6) is 11.5 Å². The van der Waals surface area contributed by atoms with Crippen LogP contribution >= 0.6 is 0 Å². The molecule has 31 heavy (non-hydrogen) atoms. The maximum atomic E-state index is 12.8. The molecule has 0 saturated carbocycles. The summed E-state index contributed by atoms with van der Waals surface area (Å²) in [6.07, 6.45) is 3.04. The topological polar surface area (TPSA) is 112 Å². The number of rotatable bonds is 7. The molecule has 1 amide bonds. The lowest BCUT2D eigenvalue weighted by atomic mass is 10.1. The van der Waals surface area contributed by atoms with E-state index in [2.05, 4.69) is 15.4 Å². The first kappa shape index (κ1) is 19.8. The van der Waals surface area contributed by atoms with Gasteiger partial charge in [-0.3, -0.25) is 14.9 Å². The number of para-hydroxylation sites is 1. The van der Waals surface area contributed by atoms with Crippen LogP contribution in [0.4, 0.5) is 5.69 Å². The summed E-state index contributed by atoms with van der Waals surface area (Å²) < 4.78 is 7.40. The summed E-state index contributed by atoms with van der Waals surface area (Å²) in [6, 6.07) is 20.3. The van der Waals surface area contributed by atoms with Crippen LogP contribution in [0.1, 0.15) is 15.9 Å². The number of amides is 1. The summed E-state index contributed by atoms with van der Waals surface area (Å²) in [7, 11) is 0. The van der Waals surface area contributed by atoms with Crippen molar-refractivity contribution in [1.29, 1.82) is 0 Å². The highest BCUT2D eigenvalue weighted by atomic mass is 16.6. The maximum absolute atomic E-state index is 12.8. The van der Waals surface area contributed by atoms with Crippen molar-refractivity contribution in [3.63, 3.8) is 0 Å². The zero-order valence-corrected chi connectivity index (χ0v) is 16.2. The molecule has 9 heteroatoms. The molecule has 4 rings (SSSR count). The van der Waals surface area contributed by atoms with Gasteiger partial charge < -0.3 is 10.1 Å². The normalized spacial score (nSPS) is 10.5. The zero-order valence-electron chi connectivity index (χ0n) is 16.2. The molecule has 9 nitrogen and oxygen atoms in total. The molecule has 0 aliphatic carbocycles. The number of hydrogen-bond acceptors (Lipinski definition) is 6. The third-order valence-electron chi connectivity index (χ3n) is 4.46. The lowest BCUT2D eigenvalue weighted by Crippen LogP contribution is -2.23. The van der Waals surface area contributed by atoms with Crippen molar-refractivity contribution in [1.82, 2.24) is 20.1 Å². The molecule has 0 bridgehead atoms. The molecule has 1 aromatic heterocycles. The number of aromatic nitrogens is 3. The molecule has 0 aliphatic rings. The predicted molar refractivity (Wildman–Crippen MR) is 112 cm³/mol. The number of non-ortho nitro benzene ring substituents is 1.